The van der Waals surface area contributed by atoms with Gasteiger partial charge in [-0.3, -0.25) is 9.88 Å². The Morgan fingerprint density at radius 3 is 2.85 bits per heavy atom. The van der Waals surface area contributed by atoms with E-state index in [0.29, 0.717) is 6.42 Å². The number of hydrogen-bond donors (Lipinski definition) is 3. The third-order valence-electron chi connectivity index (χ3n) is 3.80. The molecule has 0 spiro atoms. The van der Waals surface area contributed by atoms with Gasteiger partial charge in [-0.25, -0.2) is 9.59 Å². The zero-order valence-corrected chi connectivity index (χ0v) is 15.2. The first kappa shape index (κ1) is 20.3. The number of ether oxygens (including phenoxy) is 2. The molecule has 1 aliphatic rings. The third kappa shape index (κ3) is 4.56. The van der Waals surface area contributed by atoms with Gasteiger partial charge in [0.25, 0.3) is 0 Å². The Balaban J connectivity index is 2.16. The number of terminal acetylenes is 1. The van der Waals surface area contributed by atoms with E-state index in [4.69, 9.17) is 15.9 Å². The van der Waals surface area contributed by atoms with E-state index in [2.05, 4.69) is 16.2 Å². The molecule has 0 radical (unpaired) electrons. The molecule has 1 saturated heterocycles. The van der Waals surface area contributed by atoms with Gasteiger partial charge in [-0.15, -0.1) is 6.42 Å². The van der Waals surface area contributed by atoms with Crippen LogP contribution in [0.5, 0.6) is 0 Å². The summed E-state index contributed by atoms with van der Waals surface area (Å²) >= 11 is 1.63. The van der Waals surface area contributed by atoms with Crippen molar-refractivity contribution in [2.75, 3.05) is 23.9 Å². The van der Waals surface area contributed by atoms with Gasteiger partial charge in [-0.1, -0.05) is 5.92 Å². The maximum absolute atomic E-state index is 12.3. The van der Waals surface area contributed by atoms with Crippen molar-refractivity contribution in [2.24, 2.45) is 0 Å². The molecule has 2 rings (SSSR count). The van der Waals surface area contributed by atoms with Crippen molar-refractivity contribution in [1.29, 1.82) is 0 Å². The number of amides is 1. The van der Waals surface area contributed by atoms with Gasteiger partial charge in [0.1, 0.15) is 12.2 Å². The van der Waals surface area contributed by atoms with Gasteiger partial charge in [0.05, 0.1) is 18.3 Å². The van der Waals surface area contributed by atoms with E-state index in [-0.39, 0.29) is 18.0 Å². The van der Waals surface area contributed by atoms with Gasteiger partial charge < -0.3 is 19.7 Å². The van der Waals surface area contributed by atoms with Gasteiger partial charge in [0, 0.05) is 6.20 Å². The molecular formula is C16H21N3O6S. The number of aliphatic hydroxyl groups is 2. The molecule has 9 nitrogen and oxygen atoms in total. The average Bonchev–Trinajstić information content (AvgIpc) is 2.86. The first-order valence-electron chi connectivity index (χ1n) is 7.93. The summed E-state index contributed by atoms with van der Waals surface area (Å²) in [6.45, 7) is 1.80. The molecule has 1 aromatic rings. The standard InChI is InChI=1S/C16H21N3O6S/c1-4-10-8-19(14-12(21)11(20)9(2)25-14)15(22)17-13(10)18-16(23)24-6-5-7-26-3/h1,8-9,11-12,14,20-21H,5-7H2,2-3H3,(H,17,18,22,23)/t9-,11?,12?,14-/m1/s1. The summed E-state index contributed by atoms with van der Waals surface area (Å²) in [6, 6.07) is 0. The van der Waals surface area contributed by atoms with Crippen LogP contribution in [0.1, 0.15) is 25.1 Å². The minimum atomic E-state index is -1.31. The number of carbonyl (C=O) groups excluding carboxylic acids is 1. The lowest BCUT2D eigenvalue weighted by atomic mass is 10.1. The quantitative estimate of drug-likeness (QED) is 0.469. The summed E-state index contributed by atoms with van der Waals surface area (Å²) < 4.78 is 11.4. The predicted octanol–water partition coefficient (Wildman–Crippen LogP) is 0.165. The Bertz CT molecular complexity index is 746. The molecule has 26 heavy (non-hydrogen) atoms. The van der Waals surface area contributed by atoms with Crippen LogP contribution in [0.3, 0.4) is 0 Å². The number of aliphatic hydroxyl groups excluding tert-OH is 2. The molecule has 2 heterocycles. The van der Waals surface area contributed by atoms with Gasteiger partial charge in [-0.2, -0.15) is 16.7 Å². The Kier molecular flexibility index (Phi) is 7.05. The lowest BCUT2D eigenvalue weighted by molar-refractivity contribution is -0.0350. The maximum atomic E-state index is 12.3. The van der Waals surface area contributed by atoms with E-state index in [0.717, 1.165) is 10.3 Å². The zero-order valence-electron chi connectivity index (χ0n) is 14.4. The van der Waals surface area contributed by atoms with Gasteiger partial charge in [0.2, 0.25) is 0 Å². The number of nitrogens with zero attached hydrogens (tertiary/aromatic N) is 2. The highest BCUT2D eigenvalue weighted by Gasteiger charge is 2.42. The number of carbonyl (C=O) groups is 1. The van der Waals surface area contributed by atoms with Crippen molar-refractivity contribution in [3.05, 3.63) is 22.2 Å². The van der Waals surface area contributed by atoms with Crippen LogP contribution in [0.25, 0.3) is 0 Å². The summed E-state index contributed by atoms with van der Waals surface area (Å²) in [5.74, 6) is 3.04. The molecule has 1 fully saturated rings. The zero-order chi connectivity index (χ0) is 19.3. The normalized spacial score (nSPS) is 24.9. The molecule has 4 atom stereocenters. The molecule has 10 heteroatoms. The summed E-state index contributed by atoms with van der Waals surface area (Å²) in [5.41, 5.74) is -0.692. The number of aromatic nitrogens is 2. The summed E-state index contributed by atoms with van der Waals surface area (Å²) in [5, 5.41) is 22.1. The largest absolute Gasteiger partial charge is 0.449 e. The highest BCUT2D eigenvalue weighted by molar-refractivity contribution is 7.98. The molecule has 0 aliphatic carbocycles. The first-order chi connectivity index (χ1) is 12.4. The number of rotatable bonds is 6. The maximum Gasteiger partial charge on any atom is 0.412 e. The molecule has 1 aliphatic heterocycles. The lowest BCUT2D eigenvalue weighted by Gasteiger charge is -2.18. The fourth-order valence-electron chi connectivity index (χ4n) is 2.41. The van der Waals surface area contributed by atoms with Crippen molar-refractivity contribution < 1.29 is 24.5 Å². The summed E-state index contributed by atoms with van der Waals surface area (Å²) in [7, 11) is 0. The second-order valence-electron chi connectivity index (χ2n) is 5.66. The molecule has 1 aromatic heterocycles. The van der Waals surface area contributed by atoms with Crippen LogP contribution in [0.15, 0.2) is 11.0 Å². The molecule has 2 unspecified atom stereocenters. The molecule has 142 valence electrons. The van der Waals surface area contributed by atoms with Crippen molar-refractivity contribution in [1.82, 2.24) is 9.55 Å². The summed E-state index contributed by atoms with van der Waals surface area (Å²) in [6.07, 6.45) is 4.29. The number of nitrogens with one attached hydrogen (secondary N) is 1. The van der Waals surface area contributed by atoms with E-state index >= 15 is 0 Å². The van der Waals surface area contributed by atoms with Crippen LogP contribution in [0.2, 0.25) is 0 Å². The van der Waals surface area contributed by atoms with Crippen LogP contribution >= 0.6 is 11.8 Å². The average molecular weight is 383 g/mol. The number of anilines is 1. The lowest BCUT2D eigenvalue weighted by Crippen LogP contribution is -2.36. The smallest absolute Gasteiger partial charge is 0.412 e. The fourth-order valence-corrected chi connectivity index (χ4v) is 2.82. The third-order valence-corrected chi connectivity index (χ3v) is 4.50. The monoisotopic (exact) mass is 383 g/mol. The van der Waals surface area contributed by atoms with Gasteiger partial charge in [-0.05, 0) is 25.4 Å². The Labute approximate surface area is 154 Å². The fraction of sp³-hybridized carbons (Fsp3) is 0.562. The second-order valence-corrected chi connectivity index (χ2v) is 6.64. The number of hydrogen-bond acceptors (Lipinski definition) is 8. The van der Waals surface area contributed by atoms with Crippen molar-refractivity contribution in [2.45, 2.75) is 37.9 Å². The molecule has 0 aromatic carbocycles. The molecule has 0 bridgehead atoms. The Hall–Kier alpha value is -2.06. The Morgan fingerprint density at radius 1 is 1.54 bits per heavy atom. The van der Waals surface area contributed by atoms with Gasteiger partial charge >= 0.3 is 11.8 Å². The topological polar surface area (TPSA) is 123 Å². The molecule has 0 saturated carbocycles. The first-order valence-corrected chi connectivity index (χ1v) is 9.32. The van der Waals surface area contributed by atoms with Crippen molar-refractivity contribution >= 4 is 23.7 Å². The van der Waals surface area contributed by atoms with Crippen LogP contribution in [-0.2, 0) is 9.47 Å². The van der Waals surface area contributed by atoms with Crippen LogP contribution in [0, 0.1) is 12.3 Å². The van der Waals surface area contributed by atoms with E-state index in [1.165, 1.54) is 6.20 Å². The van der Waals surface area contributed by atoms with E-state index in [9.17, 15) is 19.8 Å². The van der Waals surface area contributed by atoms with Crippen molar-refractivity contribution in [3.8, 4) is 12.3 Å². The molecule has 3 N–H and O–H groups in total. The SMILES string of the molecule is C#Cc1cn([C@@H]2O[C@H](C)C(O)C2O)c(=O)nc1NC(=O)OCCCSC. The van der Waals surface area contributed by atoms with Crippen molar-refractivity contribution in [3.63, 3.8) is 0 Å². The van der Waals surface area contributed by atoms with E-state index in [1.807, 2.05) is 6.26 Å². The second kappa shape index (κ2) is 9.05. The molecular weight excluding hydrogens is 362 g/mol. The minimum Gasteiger partial charge on any atom is -0.449 e. The van der Waals surface area contributed by atoms with Crippen LogP contribution in [-0.4, -0.2) is 62.8 Å². The van der Waals surface area contributed by atoms with Gasteiger partial charge in [0.15, 0.2) is 12.0 Å². The predicted molar refractivity (Wildman–Crippen MR) is 96.0 cm³/mol. The highest BCUT2D eigenvalue weighted by Crippen LogP contribution is 2.28. The Morgan fingerprint density at radius 2 is 2.27 bits per heavy atom. The summed E-state index contributed by atoms with van der Waals surface area (Å²) in [4.78, 5) is 27.8. The van der Waals surface area contributed by atoms with E-state index < -0.39 is 36.3 Å². The van der Waals surface area contributed by atoms with Crippen LogP contribution in [0.4, 0.5) is 10.6 Å². The number of thioether (sulfide) groups is 1. The highest BCUT2D eigenvalue weighted by atomic mass is 32.2. The van der Waals surface area contributed by atoms with E-state index in [1.54, 1.807) is 18.7 Å². The van der Waals surface area contributed by atoms with Crippen LogP contribution < -0.4 is 11.0 Å². The minimum absolute atomic E-state index is 0.107. The molecule has 1 amide bonds.